The van der Waals surface area contributed by atoms with Gasteiger partial charge in [0.25, 0.3) is 0 Å². The molecule has 0 unspecified atom stereocenters. The minimum absolute atomic E-state index is 0.0501. The first-order valence-electron chi connectivity index (χ1n) is 9.64. The molecule has 0 aliphatic rings. The molecule has 7 nitrogen and oxygen atoms in total. The molecular weight excluding hydrogens is 418 g/mol. The minimum atomic E-state index is -0.163. The fourth-order valence-corrected chi connectivity index (χ4v) is 4.38. The number of amides is 2. The van der Waals surface area contributed by atoms with Crippen LogP contribution in [0.25, 0.3) is 11.4 Å². The highest BCUT2D eigenvalue weighted by Gasteiger charge is 2.18. The Morgan fingerprint density at radius 2 is 2.00 bits per heavy atom. The first kappa shape index (κ1) is 22.0. The predicted octanol–water partition coefficient (Wildman–Crippen LogP) is 3.11. The van der Waals surface area contributed by atoms with Gasteiger partial charge in [0.15, 0.2) is 11.0 Å². The summed E-state index contributed by atoms with van der Waals surface area (Å²) in [7, 11) is 1.89. The number of likely N-dealkylation sites (N-methyl/N-ethyl adjacent to an activating group) is 1. The molecule has 9 heteroatoms. The van der Waals surface area contributed by atoms with Crippen molar-refractivity contribution in [3.63, 3.8) is 0 Å². The molecule has 30 heavy (non-hydrogen) atoms. The molecule has 2 amide bonds. The highest BCUT2D eigenvalue weighted by molar-refractivity contribution is 7.99. The summed E-state index contributed by atoms with van der Waals surface area (Å²) in [5, 5.41) is 14.0. The zero-order chi connectivity index (χ0) is 21.5. The fraction of sp³-hybridized carbons (Fsp3) is 0.333. The maximum Gasteiger partial charge on any atom is 0.239 e. The van der Waals surface area contributed by atoms with E-state index in [-0.39, 0.29) is 24.1 Å². The highest BCUT2D eigenvalue weighted by Crippen LogP contribution is 2.25. The zero-order valence-corrected chi connectivity index (χ0v) is 18.9. The summed E-state index contributed by atoms with van der Waals surface area (Å²) < 4.78 is 1.89. The van der Waals surface area contributed by atoms with E-state index >= 15 is 0 Å². The molecule has 0 fully saturated rings. The van der Waals surface area contributed by atoms with Crippen molar-refractivity contribution in [1.82, 2.24) is 25.0 Å². The van der Waals surface area contributed by atoms with Gasteiger partial charge in [0, 0.05) is 24.0 Å². The number of carbonyl (C=O) groups excluding carboxylic acids is 2. The summed E-state index contributed by atoms with van der Waals surface area (Å²) in [6, 6.07) is 11.9. The number of hydrogen-bond acceptors (Lipinski definition) is 6. The van der Waals surface area contributed by atoms with E-state index in [0.29, 0.717) is 18.2 Å². The molecule has 2 aromatic heterocycles. The van der Waals surface area contributed by atoms with E-state index in [1.54, 1.807) is 16.2 Å². The summed E-state index contributed by atoms with van der Waals surface area (Å²) >= 11 is 2.92. The lowest BCUT2D eigenvalue weighted by molar-refractivity contribution is -0.133. The van der Waals surface area contributed by atoms with Crippen molar-refractivity contribution in [3.8, 4) is 11.4 Å². The van der Waals surface area contributed by atoms with Crippen molar-refractivity contribution < 1.29 is 9.59 Å². The van der Waals surface area contributed by atoms with Crippen molar-refractivity contribution in [2.24, 2.45) is 7.05 Å². The second-order valence-electron chi connectivity index (χ2n) is 6.73. The quantitative estimate of drug-likeness (QED) is 0.514. The number of benzene rings is 1. The summed E-state index contributed by atoms with van der Waals surface area (Å²) in [5.74, 6) is 0.702. The Bertz CT molecular complexity index is 1000. The monoisotopic (exact) mass is 443 g/mol. The SMILES string of the molecule is CCN(CC(=O)NCc1cccs1)C(=O)CSc1nnc(-c2ccccc2C)n1C. The zero-order valence-electron chi connectivity index (χ0n) is 17.3. The molecule has 0 aliphatic carbocycles. The summed E-state index contributed by atoms with van der Waals surface area (Å²) in [6.45, 7) is 4.90. The third-order valence-corrected chi connectivity index (χ3v) is 6.54. The van der Waals surface area contributed by atoms with Gasteiger partial charge in [0.1, 0.15) is 0 Å². The normalized spacial score (nSPS) is 10.8. The third-order valence-electron chi connectivity index (χ3n) is 4.65. The second kappa shape index (κ2) is 10.4. The first-order chi connectivity index (χ1) is 14.5. The number of thiophene rings is 1. The summed E-state index contributed by atoms with van der Waals surface area (Å²) in [4.78, 5) is 27.5. The number of aromatic nitrogens is 3. The van der Waals surface area contributed by atoms with E-state index in [1.807, 2.05) is 67.2 Å². The lowest BCUT2D eigenvalue weighted by Gasteiger charge is -2.20. The average Bonchev–Trinajstić information content (AvgIpc) is 3.39. The molecule has 0 bridgehead atoms. The molecule has 3 rings (SSSR count). The Morgan fingerprint density at radius 1 is 1.20 bits per heavy atom. The number of nitrogens with zero attached hydrogens (tertiary/aromatic N) is 4. The molecule has 0 atom stereocenters. The number of carbonyl (C=O) groups is 2. The predicted molar refractivity (Wildman–Crippen MR) is 120 cm³/mol. The van der Waals surface area contributed by atoms with Crippen LogP contribution >= 0.6 is 23.1 Å². The van der Waals surface area contributed by atoms with E-state index in [1.165, 1.54) is 11.8 Å². The highest BCUT2D eigenvalue weighted by atomic mass is 32.2. The van der Waals surface area contributed by atoms with Gasteiger partial charge >= 0.3 is 0 Å². The van der Waals surface area contributed by atoms with E-state index < -0.39 is 0 Å². The largest absolute Gasteiger partial charge is 0.350 e. The van der Waals surface area contributed by atoms with E-state index in [4.69, 9.17) is 0 Å². The topological polar surface area (TPSA) is 80.1 Å². The number of nitrogens with one attached hydrogen (secondary N) is 1. The van der Waals surface area contributed by atoms with Crippen LogP contribution in [0, 0.1) is 6.92 Å². The van der Waals surface area contributed by atoms with Crippen molar-refractivity contribution in [2.45, 2.75) is 25.5 Å². The Balaban J connectivity index is 1.55. The van der Waals surface area contributed by atoms with Crippen LogP contribution in [0.2, 0.25) is 0 Å². The number of aryl methyl sites for hydroxylation is 1. The minimum Gasteiger partial charge on any atom is -0.350 e. The maximum atomic E-state index is 12.6. The molecule has 3 aromatic rings. The van der Waals surface area contributed by atoms with Crippen LogP contribution in [-0.4, -0.2) is 50.3 Å². The summed E-state index contributed by atoms with van der Waals surface area (Å²) in [5.41, 5.74) is 2.13. The standard InChI is InChI=1S/C21H25N5O2S2/c1-4-26(13-18(27)22-12-16-9-7-11-29-16)19(28)14-30-21-24-23-20(25(21)3)17-10-6-5-8-15(17)2/h5-11H,4,12-14H2,1-3H3,(H,22,27). The lowest BCUT2D eigenvalue weighted by atomic mass is 10.1. The molecule has 0 aliphatic heterocycles. The van der Waals surface area contributed by atoms with Crippen LogP contribution < -0.4 is 5.32 Å². The molecule has 2 heterocycles. The molecule has 158 valence electrons. The van der Waals surface area contributed by atoms with Crippen LogP contribution in [0.15, 0.2) is 46.9 Å². The van der Waals surface area contributed by atoms with Crippen LogP contribution in [0.4, 0.5) is 0 Å². The number of rotatable bonds is 9. The van der Waals surface area contributed by atoms with Crippen LogP contribution in [-0.2, 0) is 23.2 Å². The second-order valence-corrected chi connectivity index (χ2v) is 8.71. The third kappa shape index (κ3) is 5.48. The first-order valence-corrected chi connectivity index (χ1v) is 11.5. The van der Waals surface area contributed by atoms with Gasteiger partial charge < -0.3 is 14.8 Å². The van der Waals surface area contributed by atoms with Crippen LogP contribution in [0.1, 0.15) is 17.4 Å². The van der Waals surface area contributed by atoms with Gasteiger partial charge in [0.2, 0.25) is 11.8 Å². The average molecular weight is 444 g/mol. The van der Waals surface area contributed by atoms with Crippen molar-refractivity contribution >= 4 is 34.9 Å². The van der Waals surface area contributed by atoms with Crippen molar-refractivity contribution in [2.75, 3.05) is 18.8 Å². The summed E-state index contributed by atoms with van der Waals surface area (Å²) in [6.07, 6.45) is 0. The Hall–Kier alpha value is -2.65. The van der Waals surface area contributed by atoms with Crippen molar-refractivity contribution in [1.29, 1.82) is 0 Å². The Labute approximate surface area is 184 Å². The van der Waals surface area contributed by atoms with Crippen LogP contribution in [0.3, 0.4) is 0 Å². The van der Waals surface area contributed by atoms with Crippen molar-refractivity contribution in [3.05, 3.63) is 52.2 Å². The Kier molecular flexibility index (Phi) is 7.64. The van der Waals surface area contributed by atoms with Gasteiger partial charge in [-0.25, -0.2) is 0 Å². The van der Waals surface area contributed by atoms with Gasteiger partial charge in [-0.1, -0.05) is 42.1 Å². The smallest absolute Gasteiger partial charge is 0.239 e. The molecular formula is C21H25N5O2S2. The van der Waals surface area contributed by atoms with Gasteiger partial charge in [0.05, 0.1) is 18.8 Å². The lowest BCUT2D eigenvalue weighted by Crippen LogP contribution is -2.41. The van der Waals surface area contributed by atoms with E-state index in [2.05, 4.69) is 15.5 Å². The van der Waals surface area contributed by atoms with E-state index in [9.17, 15) is 9.59 Å². The molecule has 0 spiro atoms. The number of thioether (sulfide) groups is 1. The molecule has 1 aromatic carbocycles. The van der Waals surface area contributed by atoms with Crippen LogP contribution in [0.5, 0.6) is 0 Å². The van der Waals surface area contributed by atoms with Gasteiger partial charge in [-0.05, 0) is 30.9 Å². The van der Waals surface area contributed by atoms with Gasteiger partial charge in [-0.15, -0.1) is 21.5 Å². The molecule has 0 saturated heterocycles. The maximum absolute atomic E-state index is 12.6. The van der Waals surface area contributed by atoms with E-state index in [0.717, 1.165) is 21.8 Å². The van der Waals surface area contributed by atoms with Gasteiger partial charge in [-0.3, -0.25) is 9.59 Å². The molecule has 1 N–H and O–H groups in total. The molecule has 0 saturated carbocycles. The Morgan fingerprint density at radius 3 is 2.70 bits per heavy atom. The fourth-order valence-electron chi connectivity index (χ4n) is 2.92. The molecule has 0 radical (unpaired) electrons. The number of hydrogen-bond donors (Lipinski definition) is 1. The van der Waals surface area contributed by atoms with Gasteiger partial charge in [-0.2, -0.15) is 0 Å².